The lowest BCUT2D eigenvalue weighted by atomic mass is 10.0. The summed E-state index contributed by atoms with van der Waals surface area (Å²) in [4.78, 5) is 30.4. The van der Waals surface area contributed by atoms with E-state index in [0.29, 0.717) is 5.69 Å². The number of benzene rings is 4. The van der Waals surface area contributed by atoms with Crippen molar-refractivity contribution in [2.45, 2.75) is 69.5 Å². The van der Waals surface area contributed by atoms with Crippen molar-refractivity contribution < 1.29 is 18.0 Å². The molecular formula is C37H40BrN3O4S. The molecule has 4 aromatic carbocycles. The van der Waals surface area contributed by atoms with Gasteiger partial charge in [0.2, 0.25) is 11.8 Å². The van der Waals surface area contributed by atoms with Gasteiger partial charge in [-0.1, -0.05) is 107 Å². The van der Waals surface area contributed by atoms with Crippen LogP contribution in [0.5, 0.6) is 0 Å². The standard InChI is InChI=1S/C37H40BrN3O4S/c1-27-20-21-34(28(2)22-27)41(46(44,45)33-18-7-4-8-19-33)26-36(42)40(25-30-14-11-15-31(38)23-30)35(24-29-12-5-3-6-13-29)37(43)39-32-16-9-10-17-32/h3-8,11-15,18-23,32,35H,9-10,16-17,24-26H2,1-2H3,(H,39,43). The van der Waals surface area contributed by atoms with Crippen molar-refractivity contribution in [1.29, 1.82) is 0 Å². The van der Waals surface area contributed by atoms with Crippen LogP contribution in [0.4, 0.5) is 5.69 Å². The summed E-state index contributed by atoms with van der Waals surface area (Å²) >= 11 is 3.53. The van der Waals surface area contributed by atoms with Crippen molar-refractivity contribution in [2.24, 2.45) is 0 Å². The Bertz CT molecular complexity index is 1760. The number of carbonyl (C=O) groups excluding carboxylic acids is 2. The van der Waals surface area contributed by atoms with Crippen LogP contribution < -0.4 is 9.62 Å². The molecule has 1 unspecified atom stereocenters. The van der Waals surface area contributed by atoms with Crippen molar-refractivity contribution in [3.63, 3.8) is 0 Å². The number of sulfonamides is 1. The molecule has 5 rings (SSSR count). The molecule has 1 aliphatic carbocycles. The Labute approximate surface area is 280 Å². The highest BCUT2D eigenvalue weighted by Crippen LogP contribution is 2.29. The maximum absolute atomic E-state index is 14.7. The smallest absolute Gasteiger partial charge is 0.264 e. The molecule has 46 heavy (non-hydrogen) atoms. The van der Waals surface area contributed by atoms with Crippen LogP contribution in [0.15, 0.2) is 112 Å². The molecule has 0 bridgehead atoms. The molecule has 0 radical (unpaired) electrons. The summed E-state index contributed by atoms with van der Waals surface area (Å²) in [5.74, 6) is -0.704. The fraction of sp³-hybridized carbons (Fsp3) is 0.297. The maximum Gasteiger partial charge on any atom is 0.264 e. The zero-order valence-electron chi connectivity index (χ0n) is 26.2. The topological polar surface area (TPSA) is 86.8 Å². The second-order valence-corrected chi connectivity index (χ2v) is 14.7. The normalized spacial score (nSPS) is 14.1. The molecule has 0 saturated heterocycles. The summed E-state index contributed by atoms with van der Waals surface area (Å²) in [6.07, 6.45) is 4.20. The third kappa shape index (κ3) is 8.25. The van der Waals surface area contributed by atoms with Gasteiger partial charge in [0, 0.05) is 23.5 Å². The minimum Gasteiger partial charge on any atom is -0.352 e. The van der Waals surface area contributed by atoms with Gasteiger partial charge in [-0.15, -0.1) is 0 Å². The number of aryl methyl sites for hydroxylation is 2. The number of carbonyl (C=O) groups is 2. The van der Waals surface area contributed by atoms with Gasteiger partial charge in [0.05, 0.1) is 10.6 Å². The van der Waals surface area contributed by atoms with Gasteiger partial charge in [-0.2, -0.15) is 0 Å². The molecule has 4 aromatic rings. The van der Waals surface area contributed by atoms with Crippen molar-refractivity contribution >= 4 is 43.5 Å². The number of amides is 2. The van der Waals surface area contributed by atoms with E-state index in [4.69, 9.17) is 0 Å². The highest BCUT2D eigenvalue weighted by Gasteiger charge is 2.36. The fourth-order valence-corrected chi connectivity index (χ4v) is 8.02. The maximum atomic E-state index is 14.7. The van der Waals surface area contributed by atoms with Gasteiger partial charge >= 0.3 is 0 Å². The van der Waals surface area contributed by atoms with E-state index in [9.17, 15) is 18.0 Å². The number of rotatable bonds is 12. The lowest BCUT2D eigenvalue weighted by Crippen LogP contribution is -2.54. The third-order valence-corrected chi connectivity index (χ3v) is 10.7. The Hall–Kier alpha value is -3.95. The van der Waals surface area contributed by atoms with Gasteiger partial charge in [0.25, 0.3) is 10.0 Å². The SMILES string of the molecule is Cc1ccc(N(CC(=O)N(Cc2cccc(Br)c2)C(Cc2ccccc2)C(=O)NC2CCCC2)S(=O)(=O)c2ccccc2)c(C)c1. The molecule has 1 aliphatic rings. The fourth-order valence-electron chi connectivity index (χ4n) is 6.07. The monoisotopic (exact) mass is 701 g/mol. The predicted octanol–water partition coefficient (Wildman–Crippen LogP) is 6.96. The Balaban J connectivity index is 1.58. The molecule has 9 heteroatoms. The Morgan fingerprint density at radius 3 is 2.15 bits per heavy atom. The van der Waals surface area contributed by atoms with Gasteiger partial charge in [-0.3, -0.25) is 13.9 Å². The van der Waals surface area contributed by atoms with E-state index in [-0.39, 0.29) is 29.8 Å². The summed E-state index contributed by atoms with van der Waals surface area (Å²) in [7, 11) is -4.14. The molecule has 0 aromatic heterocycles. The Kier molecular flexibility index (Phi) is 11.0. The molecule has 1 N–H and O–H groups in total. The van der Waals surface area contributed by atoms with Crippen LogP contribution in [0.3, 0.4) is 0 Å². The Morgan fingerprint density at radius 2 is 1.50 bits per heavy atom. The molecule has 0 aliphatic heterocycles. The highest BCUT2D eigenvalue weighted by atomic mass is 79.9. The highest BCUT2D eigenvalue weighted by molar-refractivity contribution is 9.10. The van der Waals surface area contributed by atoms with E-state index in [2.05, 4.69) is 21.2 Å². The van der Waals surface area contributed by atoms with E-state index in [0.717, 1.165) is 52.4 Å². The summed E-state index contributed by atoms with van der Waals surface area (Å²) in [6.45, 7) is 3.43. The summed E-state index contributed by atoms with van der Waals surface area (Å²) in [6, 6.07) is 30.0. The average Bonchev–Trinajstić information content (AvgIpc) is 3.56. The molecule has 240 valence electrons. The van der Waals surface area contributed by atoms with Gasteiger partial charge in [0.15, 0.2) is 0 Å². The van der Waals surface area contributed by atoms with Crippen molar-refractivity contribution in [2.75, 3.05) is 10.8 Å². The number of hydrogen-bond donors (Lipinski definition) is 1. The first-order chi connectivity index (χ1) is 22.1. The molecule has 1 atom stereocenters. The number of anilines is 1. The second kappa shape index (κ2) is 15.1. The van der Waals surface area contributed by atoms with Crippen molar-refractivity contribution in [3.05, 3.63) is 130 Å². The van der Waals surface area contributed by atoms with Crippen LogP contribution in [-0.2, 0) is 32.6 Å². The molecule has 2 amide bonds. The number of nitrogens with zero attached hydrogens (tertiary/aromatic N) is 2. The second-order valence-electron chi connectivity index (χ2n) is 12.0. The molecule has 7 nitrogen and oxygen atoms in total. The first-order valence-corrected chi connectivity index (χ1v) is 17.9. The molecule has 0 spiro atoms. The predicted molar refractivity (Wildman–Crippen MR) is 186 cm³/mol. The lowest BCUT2D eigenvalue weighted by Gasteiger charge is -2.34. The van der Waals surface area contributed by atoms with Crippen LogP contribution in [0.2, 0.25) is 0 Å². The van der Waals surface area contributed by atoms with Crippen LogP contribution >= 0.6 is 15.9 Å². The number of halogens is 1. The number of nitrogens with one attached hydrogen (secondary N) is 1. The quantitative estimate of drug-likeness (QED) is 0.173. The van der Waals surface area contributed by atoms with Crippen molar-refractivity contribution in [1.82, 2.24) is 10.2 Å². The lowest BCUT2D eigenvalue weighted by molar-refractivity contribution is -0.140. The van der Waals surface area contributed by atoms with Gasteiger partial charge < -0.3 is 10.2 Å². The minimum atomic E-state index is -4.14. The summed E-state index contributed by atoms with van der Waals surface area (Å²) in [5, 5.41) is 3.21. The molecule has 1 fully saturated rings. The molecular weight excluding hydrogens is 662 g/mol. The Morgan fingerprint density at radius 1 is 0.848 bits per heavy atom. The zero-order chi connectivity index (χ0) is 32.7. The van der Waals surface area contributed by atoms with E-state index in [1.165, 1.54) is 16.4 Å². The van der Waals surface area contributed by atoms with Gasteiger partial charge in [0.1, 0.15) is 12.6 Å². The first-order valence-electron chi connectivity index (χ1n) is 15.6. The number of hydrogen-bond acceptors (Lipinski definition) is 4. The molecule has 0 heterocycles. The van der Waals surface area contributed by atoms with E-state index in [1.807, 2.05) is 80.6 Å². The zero-order valence-corrected chi connectivity index (χ0v) is 28.6. The van der Waals surface area contributed by atoms with E-state index >= 15 is 0 Å². The molecule has 1 saturated carbocycles. The van der Waals surface area contributed by atoms with Crippen LogP contribution in [-0.4, -0.2) is 43.8 Å². The van der Waals surface area contributed by atoms with Crippen LogP contribution in [0.1, 0.15) is 47.9 Å². The summed E-state index contributed by atoms with van der Waals surface area (Å²) < 4.78 is 30.5. The van der Waals surface area contributed by atoms with E-state index < -0.39 is 28.5 Å². The van der Waals surface area contributed by atoms with Crippen LogP contribution in [0, 0.1) is 13.8 Å². The van der Waals surface area contributed by atoms with Crippen molar-refractivity contribution in [3.8, 4) is 0 Å². The van der Waals surface area contributed by atoms with E-state index in [1.54, 1.807) is 29.2 Å². The van der Waals surface area contributed by atoms with Gasteiger partial charge in [-0.25, -0.2) is 8.42 Å². The first kappa shape index (κ1) is 33.4. The average molecular weight is 703 g/mol. The van der Waals surface area contributed by atoms with Crippen LogP contribution in [0.25, 0.3) is 0 Å². The largest absolute Gasteiger partial charge is 0.352 e. The van der Waals surface area contributed by atoms with Gasteiger partial charge in [-0.05, 0) is 73.7 Å². The third-order valence-electron chi connectivity index (χ3n) is 8.45. The minimum absolute atomic E-state index is 0.0544. The summed E-state index contributed by atoms with van der Waals surface area (Å²) in [5.41, 5.74) is 3.85.